The van der Waals surface area contributed by atoms with Crippen molar-refractivity contribution in [3.05, 3.63) is 32.3 Å². The van der Waals surface area contributed by atoms with Gasteiger partial charge in [-0.3, -0.25) is 10.1 Å². The smallest absolute Gasteiger partial charge is 0.292 e. The Labute approximate surface area is 138 Å². The van der Waals surface area contributed by atoms with E-state index in [2.05, 4.69) is 0 Å². The maximum atomic E-state index is 12.7. The second-order valence-electron chi connectivity index (χ2n) is 5.60. The Hall–Kier alpha value is -0.930. The molecular formula is C12H15Cl2N3O4S. The molecule has 0 radical (unpaired) electrons. The summed E-state index contributed by atoms with van der Waals surface area (Å²) in [6, 6.07) is 2.17. The second kappa shape index (κ2) is 5.93. The van der Waals surface area contributed by atoms with E-state index in [0.717, 1.165) is 6.07 Å². The van der Waals surface area contributed by atoms with E-state index in [4.69, 9.17) is 28.9 Å². The van der Waals surface area contributed by atoms with E-state index in [0.29, 0.717) is 13.0 Å². The van der Waals surface area contributed by atoms with Gasteiger partial charge in [0.15, 0.2) is 4.90 Å². The Bertz CT molecular complexity index is 725. The molecule has 10 heteroatoms. The van der Waals surface area contributed by atoms with E-state index in [1.165, 1.54) is 10.4 Å². The second-order valence-corrected chi connectivity index (χ2v) is 8.31. The van der Waals surface area contributed by atoms with Gasteiger partial charge in [0.25, 0.3) is 15.7 Å². The average molecular weight is 368 g/mol. The lowest BCUT2D eigenvalue weighted by Crippen LogP contribution is -2.34. The predicted molar refractivity (Wildman–Crippen MR) is 83.7 cm³/mol. The summed E-state index contributed by atoms with van der Waals surface area (Å²) in [5, 5.41) is 10.9. The van der Waals surface area contributed by atoms with Crippen molar-refractivity contribution >= 4 is 38.9 Å². The van der Waals surface area contributed by atoms with Crippen LogP contribution in [0, 0.1) is 15.5 Å². The molecule has 1 heterocycles. The molecule has 1 fully saturated rings. The van der Waals surface area contributed by atoms with Crippen molar-refractivity contribution in [1.29, 1.82) is 0 Å². The Morgan fingerprint density at radius 2 is 2.09 bits per heavy atom. The molecule has 1 unspecified atom stereocenters. The van der Waals surface area contributed by atoms with Crippen molar-refractivity contribution in [2.24, 2.45) is 11.1 Å². The quantitative estimate of drug-likeness (QED) is 0.648. The molecule has 1 aliphatic rings. The third kappa shape index (κ3) is 3.07. The first-order valence-electron chi connectivity index (χ1n) is 6.44. The van der Waals surface area contributed by atoms with Crippen LogP contribution in [0.15, 0.2) is 17.0 Å². The highest BCUT2D eigenvalue weighted by Gasteiger charge is 2.42. The number of hydrogen-bond acceptors (Lipinski definition) is 5. The Morgan fingerprint density at radius 3 is 2.59 bits per heavy atom. The molecule has 1 saturated heterocycles. The number of nitro benzene ring substituents is 1. The predicted octanol–water partition coefficient (Wildman–Crippen LogP) is 2.26. The van der Waals surface area contributed by atoms with Crippen LogP contribution in [0.5, 0.6) is 0 Å². The van der Waals surface area contributed by atoms with E-state index in [9.17, 15) is 18.5 Å². The minimum absolute atomic E-state index is 0.00358. The van der Waals surface area contributed by atoms with E-state index in [-0.39, 0.29) is 28.5 Å². The van der Waals surface area contributed by atoms with E-state index in [1.807, 2.05) is 6.92 Å². The Balaban J connectivity index is 2.54. The minimum atomic E-state index is -4.10. The van der Waals surface area contributed by atoms with Gasteiger partial charge < -0.3 is 5.73 Å². The van der Waals surface area contributed by atoms with Crippen molar-refractivity contribution in [3.63, 3.8) is 0 Å². The lowest BCUT2D eigenvalue weighted by Gasteiger charge is -2.22. The van der Waals surface area contributed by atoms with E-state index >= 15 is 0 Å². The molecule has 0 saturated carbocycles. The maximum absolute atomic E-state index is 12.7. The normalized spacial score (nSPS) is 22.9. The average Bonchev–Trinajstić information content (AvgIpc) is 2.81. The molecule has 1 aromatic carbocycles. The third-order valence-corrected chi connectivity index (χ3v) is 6.36. The fourth-order valence-corrected chi connectivity index (χ4v) is 4.97. The highest BCUT2D eigenvalue weighted by molar-refractivity contribution is 7.89. The van der Waals surface area contributed by atoms with Gasteiger partial charge >= 0.3 is 0 Å². The molecule has 122 valence electrons. The summed E-state index contributed by atoms with van der Waals surface area (Å²) < 4.78 is 26.7. The molecule has 1 aliphatic heterocycles. The van der Waals surface area contributed by atoms with Crippen LogP contribution in [-0.4, -0.2) is 37.3 Å². The van der Waals surface area contributed by atoms with E-state index < -0.39 is 25.5 Å². The van der Waals surface area contributed by atoms with Gasteiger partial charge in [-0.25, -0.2) is 8.42 Å². The van der Waals surface area contributed by atoms with Gasteiger partial charge in [0.2, 0.25) is 0 Å². The van der Waals surface area contributed by atoms with Gasteiger partial charge in [-0.2, -0.15) is 4.31 Å². The number of nitrogens with two attached hydrogens (primary N) is 1. The highest BCUT2D eigenvalue weighted by atomic mass is 35.5. The van der Waals surface area contributed by atoms with Crippen molar-refractivity contribution in [3.8, 4) is 0 Å². The first-order chi connectivity index (χ1) is 10.1. The van der Waals surface area contributed by atoms with Gasteiger partial charge in [0.1, 0.15) is 0 Å². The highest BCUT2D eigenvalue weighted by Crippen LogP contribution is 2.39. The van der Waals surface area contributed by atoms with Gasteiger partial charge in [-0.15, -0.1) is 0 Å². The van der Waals surface area contributed by atoms with Crippen LogP contribution in [0.4, 0.5) is 5.69 Å². The summed E-state index contributed by atoms with van der Waals surface area (Å²) in [5.41, 5.74) is 4.69. The summed E-state index contributed by atoms with van der Waals surface area (Å²) in [6.45, 7) is 2.64. The van der Waals surface area contributed by atoms with E-state index in [1.54, 1.807) is 0 Å². The zero-order valence-electron chi connectivity index (χ0n) is 11.8. The molecule has 2 rings (SSSR count). The zero-order chi connectivity index (χ0) is 16.7. The summed E-state index contributed by atoms with van der Waals surface area (Å²) in [4.78, 5) is 9.83. The molecule has 0 spiro atoms. The number of rotatable bonds is 4. The topological polar surface area (TPSA) is 107 Å². The number of sulfonamides is 1. The molecule has 0 aromatic heterocycles. The molecule has 1 aromatic rings. The van der Waals surface area contributed by atoms with Crippen LogP contribution >= 0.6 is 23.2 Å². The van der Waals surface area contributed by atoms with Crippen molar-refractivity contribution in [1.82, 2.24) is 4.31 Å². The van der Waals surface area contributed by atoms with Gasteiger partial charge in [0.05, 0.1) is 9.95 Å². The molecule has 0 bridgehead atoms. The molecule has 22 heavy (non-hydrogen) atoms. The van der Waals surface area contributed by atoms with Gasteiger partial charge in [-0.05, 0) is 24.4 Å². The lowest BCUT2D eigenvalue weighted by molar-refractivity contribution is -0.387. The number of nitrogens with zero attached hydrogens (tertiary/aromatic N) is 2. The zero-order valence-corrected chi connectivity index (χ0v) is 14.1. The van der Waals surface area contributed by atoms with Crippen LogP contribution in [0.2, 0.25) is 10.0 Å². The first-order valence-corrected chi connectivity index (χ1v) is 8.64. The first kappa shape index (κ1) is 17.4. The summed E-state index contributed by atoms with van der Waals surface area (Å²) >= 11 is 11.7. The Kier molecular flexibility index (Phi) is 4.70. The number of halogens is 2. The molecular weight excluding hydrogens is 353 g/mol. The summed E-state index contributed by atoms with van der Waals surface area (Å²) in [7, 11) is -4.10. The maximum Gasteiger partial charge on any atom is 0.292 e. The van der Waals surface area contributed by atoms with Crippen LogP contribution in [0.25, 0.3) is 0 Å². The fourth-order valence-electron chi connectivity index (χ4n) is 2.42. The van der Waals surface area contributed by atoms with Crippen LogP contribution in [0.1, 0.15) is 13.3 Å². The molecule has 0 aliphatic carbocycles. The van der Waals surface area contributed by atoms with Crippen molar-refractivity contribution in [2.45, 2.75) is 18.2 Å². The fraction of sp³-hybridized carbons (Fsp3) is 0.500. The summed E-state index contributed by atoms with van der Waals surface area (Å²) in [5.74, 6) is 0. The van der Waals surface area contributed by atoms with Gasteiger partial charge in [0, 0.05) is 24.2 Å². The Morgan fingerprint density at radius 1 is 1.45 bits per heavy atom. The van der Waals surface area contributed by atoms with Crippen LogP contribution < -0.4 is 5.73 Å². The molecule has 0 amide bonds. The molecule has 7 nitrogen and oxygen atoms in total. The standard InChI is InChI=1S/C12H15Cl2N3O4S/c1-12(6-15)2-3-16(7-12)22(20,21)11-9(14)4-8(13)5-10(11)17(18)19/h4-5H,2-3,6-7,15H2,1H3. The number of hydrogen-bond donors (Lipinski definition) is 1. The minimum Gasteiger partial charge on any atom is -0.330 e. The monoisotopic (exact) mass is 367 g/mol. The van der Waals surface area contributed by atoms with Crippen LogP contribution in [-0.2, 0) is 10.0 Å². The number of benzene rings is 1. The molecule has 2 N–H and O–H groups in total. The third-order valence-electron chi connectivity index (χ3n) is 3.80. The van der Waals surface area contributed by atoms with Crippen LogP contribution in [0.3, 0.4) is 0 Å². The lowest BCUT2D eigenvalue weighted by atomic mass is 9.90. The SMILES string of the molecule is CC1(CN)CCN(S(=O)(=O)c2c(Cl)cc(Cl)cc2[N+](=O)[O-])C1. The van der Waals surface area contributed by atoms with Crippen molar-refractivity contribution < 1.29 is 13.3 Å². The molecule has 1 atom stereocenters. The van der Waals surface area contributed by atoms with Crippen molar-refractivity contribution in [2.75, 3.05) is 19.6 Å². The largest absolute Gasteiger partial charge is 0.330 e. The summed E-state index contributed by atoms with van der Waals surface area (Å²) in [6.07, 6.45) is 0.585. The number of nitro groups is 1. The van der Waals surface area contributed by atoms with Gasteiger partial charge in [-0.1, -0.05) is 30.1 Å².